The van der Waals surface area contributed by atoms with Gasteiger partial charge in [0.25, 0.3) is 5.91 Å². The quantitative estimate of drug-likeness (QED) is 0.827. The maximum Gasteiger partial charge on any atom is 0.257 e. The minimum Gasteiger partial charge on any atom is -0.484 e. The number of benzene rings is 1. The number of aryl methyl sites for hydroxylation is 1. The van der Waals surface area contributed by atoms with Crippen LogP contribution in [0, 0.1) is 12.8 Å². The van der Waals surface area contributed by atoms with E-state index in [4.69, 9.17) is 4.74 Å². The molecule has 0 aliphatic rings. The third kappa shape index (κ3) is 4.82. The van der Waals surface area contributed by atoms with Crippen molar-refractivity contribution < 1.29 is 9.53 Å². The van der Waals surface area contributed by atoms with Gasteiger partial charge in [0.05, 0.1) is 0 Å². The molecule has 1 amide bonds. The van der Waals surface area contributed by atoms with Crippen LogP contribution in [0.2, 0.25) is 0 Å². The Morgan fingerprint density at radius 2 is 1.94 bits per heavy atom. The van der Waals surface area contributed by atoms with Crippen LogP contribution in [0.5, 0.6) is 5.75 Å². The molecule has 3 nitrogen and oxygen atoms in total. The van der Waals surface area contributed by atoms with Crippen LogP contribution in [0.25, 0.3) is 0 Å². The van der Waals surface area contributed by atoms with Crippen LogP contribution >= 0.6 is 0 Å². The fourth-order valence-electron chi connectivity index (χ4n) is 1.15. The molecular weight excluding hydrogens is 202 g/mol. The van der Waals surface area contributed by atoms with Gasteiger partial charge in [-0.25, -0.2) is 0 Å². The van der Waals surface area contributed by atoms with Crippen molar-refractivity contribution in [3.8, 4) is 5.75 Å². The van der Waals surface area contributed by atoms with E-state index in [0.717, 1.165) is 5.75 Å². The van der Waals surface area contributed by atoms with Crippen molar-refractivity contribution in [3.05, 3.63) is 29.8 Å². The summed E-state index contributed by atoms with van der Waals surface area (Å²) in [5, 5.41) is 2.80. The lowest BCUT2D eigenvalue weighted by molar-refractivity contribution is -0.123. The van der Waals surface area contributed by atoms with Gasteiger partial charge in [-0.05, 0) is 25.0 Å². The van der Waals surface area contributed by atoms with E-state index in [1.54, 1.807) is 0 Å². The van der Waals surface area contributed by atoms with Gasteiger partial charge in [0.1, 0.15) is 5.75 Å². The van der Waals surface area contributed by atoms with Crippen molar-refractivity contribution >= 4 is 5.91 Å². The maximum absolute atomic E-state index is 11.4. The summed E-state index contributed by atoms with van der Waals surface area (Å²) < 4.78 is 5.34. The minimum atomic E-state index is -0.0747. The van der Waals surface area contributed by atoms with Crippen molar-refractivity contribution in [2.75, 3.05) is 13.2 Å². The van der Waals surface area contributed by atoms with E-state index in [1.165, 1.54) is 5.56 Å². The van der Waals surface area contributed by atoms with Crippen LogP contribution in [-0.2, 0) is 4.79 Å². The van der Waals surface area contributed by atoms with E-state index in [9.17, 15) is 4.79 Å². The fourth-order valence-corrected chi connectivity index (χ4v) is 1.15. The normalized spacial score (nSPS) is 10.2. The zero-order valence-electron chi connectivity index (χ0n) is 10.1. The van der Waals surface area contributed by atoms with Gasteiger partial charge >= 0.3 is 0 Å². The van der Waals surface area contributed by atoms with E-state index in [1.807, 2.05) is 31.2 Å². The third-order valence-electron chi connectivity index (χ3n) is 2.10. The van der Waals surface area contributed by atoms with Gasteiger partial charge in [0.15, 0.2) is 6.61 Å². The molecule has 0 aromatic heterocycles. The molecule has 0 spiro atoms. The molecule has 0 aliphatic carbocycles. The Hall–Kier alpha value is -1.51. The molecule has 1 aromatic carbocycles. The van der Waals surface area contributed by atoms with Gasteiger partial charge in [-0.3, -0.25) is 4.79 Å². The van der Waals surface area contributed by atoms with E-state index < -0.39 is 0 Å². The molecule has 0 saturated heterocycles. The van der Waals surface area contributed by atoms with Crippen LogP contribution in [0.4, 0.5) is 0 Å². The van der Waals surface area contributed by atoms with Gasteiger partial charge in [-0.15, -0.1) is 0 Å². The summed E-state index contributed by atoms with van der Waals surface area (Å²) >= 11 is 0. The summed E-state index contributed by atoms with van der Waals surface area (Å²) in [6.07, 6.45) is 0. The Morgan fingerprint density at radius 3 is 2.50 bits per heavy atom. The Kier molecular flexibility index (Phi) is 4.83. The molecule has 0 fully saturated rings. The topological polar surface area (TPSA) is 38.3 Å². The van der Waals surface area contributed by atoms with Crippen molar-refractivity contribution in [2.45, 2.75) is 20.8 Å². The fraction of sp³-hybridized carbons (Fsp3) is 0.462. The van der Waals surface area contributed by atoms with Crippen molar-refractivity contribution in [3.63, 3.8) is 0 Å². The van der Waals surface area contributed by atoms with Crippen molar-refractivity contribution in [1.29, 1.82) is 0 Å². The molecule has 0 atom stereocenters. The monoisotopic (exact) mass is 221 g/mol. The molecule has 88 valence electrons. The van der Waals surface area contributed by atoms with Crippen LogP contribution in [0.3, 0.4) is 0 Å². The first kappa shape index (κ1) is 12.6. The number of rotatable bonds is 5. The first-order valence-electron chi connectivity index (χ1n) is 5.54. The zero-order valence-corrected chi connectivity index (χ0v) is 10.1. The van der Waals surface area contributed by atoms with E-state index in [-0.39, 0.29) is 12.5 Å². The van der Waals surface area contributed by atoms with E-state index >= 15 is 0 Å². The second kappa shape index (κ2) is 6.16. The zero-order chi connectivity index (χ0) is 12.0. The SMILES string of the molecule is Cc1ccc(OCC(=O)NCC(C)C)cc1. The smallest absolute Gasteiger partial charge is 0.257 e. The molecule has 1 aromatic rings. The molecule has 1 N–H and O–H groups in total. The Balaban J connectivity index is 2.29. The molecule has 1 rings (SSSR count). The van der Waals surface area contributed by atoms with Gasteiger partial charge in [-0.1, -0.05) is 31.5 Å². The predicted octanol–water partition coefficient (Wildman–Crippen LogP) is 2.15. The van der Waals surface area contributed by atoms with Crippen LogP contribution in [0.15, 0.2) is 24.3 Å². The highest BCUT2D eigenvalue weighted by atomic mass is 16.5. The molecule has 0 radical (unpaired) electrons. The van der Waals surface area contributed by atoms with Crippen LogP contribution in [0.1, 0.15) is 19.4 Å². The first-order valence-corrected chi connectivity index (χ1v) is 5.54. The third-order valence-corrected chi connectivity index (χ3v) is 2.10. The number of carbonyl (C=O) groups excluding carboxylic acids is 1. The van der Waals surface area contributed by atoms with E-state index in [2.05, 4.69) is 19.2 Å². The van der Waals surface area contributed by atoms with Crippen molar-refractivity contribution in [2.24, 2.45) is 5.92 Å². The molecule has 0 unspecified atom stereocenters. The minimum absolute atomic E-state index is 0.0747. The number of carbonyl (C=O) groups is 1. The maximum atomic E-state index is 11.4. The molecular formula is C13H19NO2. The number of hydrogen-bond donors (Lipinski definition) is 1. The molecule has 0 heterocycles. The average Bonchev–Trinajstić information content (AvgIpc) is 2.25. The standard InChI is InChI=1S/C13H19NO2/c1-10(2)8-14-13(15)9-16-12-6-4-11(3)5-7-12/h4-7,10H,8-9H2,1-3H3,(H,14,15). The largest absolute Gasteiger partial charge is 0.484 e. The number of amides is 1. The highest BCUT2D eigenvalue weighted by Gasteiger charge is 2.03. The Bertz CT molecular complexity index is 330. The van der Waals surface area contributed by atoms with E-state index in [0.29, 0.717) is 12.5 Å². The van der Waals surface area contributed by atoms with Gasteiger partial charge in [0.2, 0.25) is 0 Å². The highest BCUT2D eigenvalue weighted by Crippen LogP contribution is 2.10. The van der Waals surface area contributed by atoms with Crippen LogP contribution < -0.4 is 10.1 Å². The Morgan fingerprint density at radius 1 is 1.31 bits per heavy atom. The average molecular weight is 221 g/mol. The number of hydrogen-bond acceptors (Lipinski definition) is 2. The molecule has 0 aliphatic heterocycles. The number of ether oxygens (including phenoxy) is 1. The summed E-state index contributed by atoms with van der Waals surface area (Å²) in [6, 6.07) is 7.65. The second-order valence-electron chi connectivity index (χ2n) is 4.30. The van der Waals surface area contributed by atoms with Gasteiger partial charge < -0.3 is 10.1 Å². The van der Waals surface area contributed by atoms with Crippen molar-refractivity contribution in [1.82, 2.24) is 5.32 Å². The Labute approximate surface area is 96.8 Å². The summed E-state index contributed by atoms with van der Waals surface area (Å²) in [6.45, 7) is 6.90. The van der Waals surface area contributed by atoms with Crippen LogP contribution in [-0.4, -0.2) is 19.1 Å². The summed E-state index contributed by atoms with van der Waals surface area (Å²) in [5.41, 5.74) is 1.18. The first-order chi connectivity index (χ1) is 7.58. The molecule has 0 saturated carbocycles. The highest BCUT2D eigenvalue weighted by molar-refractivity contribution is 5.77. The summed E-state index contributed by atoms with van der Waals surface area (Å²) in [5.74, 6) is 1.11. The predicted molar refractivity (Wildman–Crippen MR) is 64.5 cm³/mol. The lowest BCUT2D eigenvalue weighted by Gasteiger charge is -2.09. The lowest BCUT2D eigenvalue weighted by atomic mass is 10.2. The summed E-state index contributed by atoms with van der Waals surface area (Å²) in [7, 11) is 0. The lowest BCUT2D eigenvalue weighted by Crippen LogP contribution is -2.31. The molecule has 16 heavy (non-hydrogen) atoms. The number of nitrogens with one attached hydrogen (secondary N) is 1. The van der Waals surface area contributed by atoms with Gasteiger partial charge in [0, 0.05) is 6.54 Å². The summed E-state index contributed by atoms with van der Waals surface area (Å²) in [4.78, 5) is 11.4. The van der Waals surface area contributed by atoms with Gasteiger partial charge in [-0.2, -0.15) is 0 Å². The molecule has 0 bridgehead atoms. The molecule has 3 heteroatoms. The second-order valence-corrected chi connectivity index (χ2v) is 4.30.